The maximum atomic E-state index is 12.2. The van der Waals surface area contributed by atoms with Gasteiger partial charge in [-0.1, -0.05) is 36.4 Å². The maximum Gasteiger partial charge on any atom is 0.251 e. The van der Waals surface area contributed by atoms with Gasteiger partial charge in [0.1, 0.15) is 0 Å². The Morgan fingerprint density at radius 2 is 1.54 bits per heavy atom. The first kappa shape index (κ1) is 18.1. The average Bonchev–Trinajstić information content (AvgIpc) is 2.69. The van der Waals surface area contributed by atoms with Crippen molar-refractivity contribution in [1.82, 2.24) is 10.2 Å². The molecular formula is C21H25N3O2. The Kier molecular flexibility index (Phi) is 6.39. The van der Waals surface area contributed by atoms with Gasteiger partial charge in [-0.05, 0) is 37.1 Å². The smallest absolute Gasteiger partial charge is 0.251 e. The van der Waals surface area contributed by atoms with E-state index in [1.165, 1.54) is 0 Å². The Balaban J connectivity index is 1.36. The zero-order valence-corrected chi connectivity index (χ0v) is 14.9. The summed E-state index contributed by atoms with van der Waals surface area (Å²) < 4.78 is 0. The van der Waals surface area contributed by atoms with Crippen molar-refractivity contribution in [2.24, 2.45) is 0 Å². The van der Waals surface area contributed by atoms with Crippen molar-refractivity contribution in [3.63, 3.8) is 0 Å². The molecule has 2 aromatic rings. The van der Waals surface area contributed by atoms with Crippen LogP contribution in [0.4, 0.5) is 5.69 Å². The number of piperidine rings is 1. The first-order chi connectivity index (χ1) is 12.7. The van der Waals surface area contributed by atoms with Gasteiger partial charge < -0.3 is 15.5 Å². The van der Waals surface area contributed by atoms with Gasteiger partial charge in [-0.3, -0.25) is 9.59 Å². The number of likely N-dealkylation sites (tertiary alicyclic amines) is 1. The normalized spacial score (nSPS) is 15.4. The lowest BCUT2D eigenvalue weighted by atomic mass is 10.0. The Morgan fingerprint density at radius 3 is 2.19 bits per heavy atom. The summed E-state index contributed by atoms with van der Waals surface area (Å²) in [6.45, 7) is 2.55. The monoisotopic (exact) mass is 351 g/mol. The van der Waals surface area contributed by atoms with Crippen molar-refractivity contribution in [2.75, 3.05) is 25.0 Å². The Hall–Kier alpha value is -2.66. The molecule has 5 heteroatoms. The van der Waals surface area contributed by atoms with Gasteiger partial charge in [-0.15, -0.1) is 0 Å². The highest BCUT2D eigenvalue weighted by atomic mass is 16.2. The molecule has 0 unspecified atom stereocenters. The number of amides is 2. The Morgan fingerprint density at radius 1 is 0.923 bits per heavy atom. The summed E-state index contributed by atoms with van der Waals surface area (Å²) in [4.78, 5) is 26.5. The highest BCUT2D eigenvalue weighted by Crippen LogP contribution is 2.12. The SMILES string of the molecule is O=C(CCN1CCC(NC(=O)c2ccccc2)CC1)Nc1ccccc1. The quantitative estimate of drug-likeness (QED) is 0.841. The van der Waals surface area contributed by atoms with Crippen LogP contribution in [0.3, 0.4) is 0 Å². The molecule has 0 saturated carbocycles. The van der Waals surface area contributed by atoms with E-state index < -0.39 is 0 Å². The van der Waals surface area contributed by atoms with Crippen molar-refractivity contribution < 1.29 is 9.59 Å². The number of rotatable bonds is 6. The van der Waals surface area contributed by atoms with E-state index in [0.717, 1.165) is 38.2 Å². The second kappa shape index (κ2) is 9.15. The summed E-state index contributed by atoms with van der Waals surface area (Å²) in [6, 6.07) is 19.0. The molecule has 0 aromatic heterocycles. The highest BCUT2D eigenvalue weighted by molar-refractivity contribution is 5.94. The van der Waals surface area contributed by atoms with Crippen LogP contribution in [0.5, 0.6) is 0 Å². The van der Waals surface area contributed by atoms with E-state index in [9.17, 15) is 9.59 Å². The first-order valence-electron chi connectivity index (χ1n) is 9.14. The first-order valence-corrected chi connectivity index (χ1v) is 9.14. The third kappa shape index (κ3) is 5.43. The molecule has 5 nitrogen and oxygen atoms in total. The number of carbonyl (C=O) groups excluding carboxylic acids is 2. The van der Waals surface area contributed by atoms with E-state index >= 15 is 0 Å². The van der Waals surface area contributed by atoms with Gasteiger partial charge in [0.05, 0.1) is 0 Å². The van der Waals surface area contributed by atoms with Crippen LogP contribution in [0.1, 0.15) is 29.6 Å². The molecule has 2 N–H and O–H groups in total. The highest BCUT2D eigenvalue weighted by Gasteiger charge is 2.21. The minimum atomic E-state index is -0.00807. The van der Waals surface area contributed by atoms with Crippen LogP contribution in [-0.4, -0.2) is 42.4 Å². The molecule has 3 rings (SSSR count). The molecule has 0 radical (unpaired) electrons. The van der Waals surface area contributed by atoms with Crippen molar-refractivity contribution in [3.8, 4) is 0 Å². The molecular weight excluding hydrogens is 326 g/mol. The van der Waals surface area contributed by atoms with Crippen molar-refractivity contribution in [1.29, 1.82) is 0 Å². The molecule has 1 aliphatic heterocycles. The molecule has 0 spiro atoms. The minimum Gasteiger partial charge on any atom is -0.349 e. The van der Waals surface area contributed by atoms with Crippen LogP contribution >= 0.6 is 0 Å². The fraction of sp³-hybridized carbons (Fsp3) is 0.333. The third-order valence-electron chi connectivity index (χ3n) is 4.67. The molecule has 1 heterocycles. The van der Waals surface area contributed by atoms with Crippen LogP contribution in [0.15, 0.2) is 60.7 Å². The number of hydrogen-bond acceptors (Lipinski definition) is 3. The summed E-state index contributed by atoms with van der Waals surface area (Å²) in [7, 11) is 0. The fourth-order valence-corrected chi connectivity index (χ4v) is 3.16. The molecule has 0 aliphatic carbocycles. The van der Waals surface area contributed by atoms with Gasteiger partial charge in [0.15, 0.2) is 0 Å². The average molecular weight is 351 g/mol. The predicted octanol–water partition coefficient (Wildman–Crippen LogP) is 2.91. The fourth-order valence-electron chi connectivity index (χ4n) is 3.16. The van der Waals surface area contributed by atoms with E-state index in [1.54, 1.807) is 0 Å². The lowest BCUT2D eigenvalue weighted by Gasteiger charge is -2.32. The zero-order chi connectivity index (χ0) is 18.2. The zero-order valence-electron chi connectivity index (χ0n) is 14.9. The number of benzene rings is 2. The lowest BCUT2D eigenvalue weighted by Crippen LogP contribution is -2.45. The topological polar surface area (TPSA) is 61.4 Å². The van der Waals surface area contributed by atoms with Crippen LogP contribution in [-0.2, 0) is 4.79 Å². The molecule has 2 aromatic carbocycles. The molecule has 0 atom stereocenters. The molecule has 26 heavy (non-hydrogen) atoms. The summed E-state index contributed by atoms with van der Waals surface area (Å²) in [5.41, 5.74) is 1.53. The van der Waals surface area contributed by atoms with Gasteiger partial charge in [0, 0.05) is 43.3 Å². The third-order valence-corrected chi connectivity index (χ3v) is 4.67. The number of nitrogens with zero attached hydrogens (tertiary/aromatic N) is 1. The number of carbonyl (C=O) groups is 2. The van der Waals surface area contributed by atoms with Gasteiger partial charge in [0.2, 0.25) is 5.91 Å². The summed E-state index contributed by atoms with van der Waals surface area (Å²) in [6.07, 6.45) is 2.31. The van der Waals surface area contributed by atoms with E-state index in [0.29, 0.717) is 12.0 Å². The van der Waals surface area contributed by atoms with Crippen LogP contribution in [0, 0.1) is 0 Å². The second-order valence-electron chi connectivity index (χ2n) is 6.62. The predicted molar refractivity (Wildman–Crippen MR) is 103 cm³/mol. The largest absolute Gasteiger partial charge is 0.349 e. The number of nitrogens with one attached hydrogen (secondary N) is 2. The van der Waals surface area contributed by atoms with Gasteiger partial charge in [0.25, 0.3) is 5.91 Å². The standard InChI is InChI=1S/C21H25N3O2/c25-20(22-18-9-5-2-6-10-18)13-16-24-14-11-19(12-15-24)23-21(26)17-7-3-1-4-8-17/h1-10,19H,11-16H2,(H,22,25)(H,23,26). The van der Waals surface area contributed by atoms with Crippen LogP contribution < -0.4 is 10.6 Å². The summed E-state index contributed by atoms with van der Waals surface area (Å²) >= 11 is 0. The number of hydrogen-bond donors (Lipinski definition) is 2. The van der Waals surface area contributed by atoms with E-state index in [-0.39, 0.29) is 17.9 Å². The minimum absolute atomic E-state index is 0.00807. The Labute approximate surface area is 154 Å². The maximum absolute atomic E-state index is 12.2. The number of para-hydroxylation sites is 1. The van der Waals surface area contributed by atoms with Crippen molar-refractivity contribution in [2.45, 2.75) is 25.3 Å². The van der Waals surface area contributed by atoms with Gasteiger partial charge in [-0.2, -0.15) is 0 Å². The second-order valence-corrected chi connectivity index (χ2v) is 6.62. The van der Waals surface area contributed by atoms with Crippen LogP contribution in [0.2, 0.25) is 0 Å². The molecule has 2 amide bonds. The van der Waals surface area contributed by atoms with Crippen molar-refractivity contribution >= 4 is 17.5 Å². The molecule has 1 aliphatic rings. The van der Waals surface area contributed by atoms with Gasteiger partial charge in [-0.25, -0.2) is 0 Å². The van der Waals surface area contributed by atoms with E-state index in [2.05, 4.69) is 15.5 Å². The van der Waals surface area contributed by atoms with Crippen LogP contribution in [0.25, 0.3) is 0 Å². The van der Waals surface area contributed by atoms with E-state index in [1.807, 2.05) is 60.7 Å². The molecule has 136 valence electrons. The molecule has 1 fully saturated rings. The number of anilines is 1. The van der Waals surface area contributed by atoms with E-state index in [4.69, 9.17) is 0 Å². The Bertz CT molecular complexity index is 711. The van der Waals surface area contributed by atoms with Gasteiger partial charge >= 0.3 is 0 Å². The summed E-state index contributed by atoms with van der Waals surface area (Å²) in [5.74, 6) is 0.0296. The lowest BCUT2D eigenvalue weighted by molar-refractivity contribution is -0.116. The molecule has 1 saturated heterocycles. The van der Waals surface area contributed by atoms with Crippen molar-refractivity contribution in [3.05, 3.63) is 66.2 Å². The summed E-state index contributed by atoms with van der Waals surface area (Å²) in [5, 5.41) is 6.02. The molecule has 0 bridgehead atoms.